The number of benzene rings is 2. The molecule has 2 N–H and O–H groups in total. The predicted molar refractivity (Wildman–Crippen MR) is 98.8 cm³/mol. The summed E-state index contributed by atoms with van der Waals surface area (Å²) < 4.78 is 0. The summed E-state index contributed by atoms with van der Waals surface area (Å²) in [6.07, 6.45) is 0. The molecule has 0 bridgehead atoms. The minimum atomic E-state index is -0.149. The molecule has 0 radical (unpaired) electrons. The largest absolute Gasteiger partial charge is 0.309 e. The normalized spacial score (nSPS) is 13.8. The molecule has 3 rings (SSSR count). The zero-order chi connectivity index (χ0) is 17.3. The van der Waals surface area contributed by atoms with Gasteiger partial charge >= 0.3 is 0 Å². The number of hydrogen-bond acceptors (Lipinski definition) is 3. The number of halogens is 2. The Kier molecular flexibility index (Phi) is 4.90. The second-order valence-corrected chi connectivity index (χ2v) is 6.59. The van der Waals surface area contributed by atoms with Crippen LogP contribution in [-0.2, 0) is 0 Å². The highest BCUT2D eigenvalue weighted by Crippen LogP contribution is 2.27. The third-order valence-electron chi connectivity index (χ3n) is 3.97. The maximum atomic E-state index is 12.2. The number of hydrogen-bond donors (Lipinski definition) is 2. The van der Waals surface area contributed by atoms with Crippen LogP contribution < -0.4 is 10.9 Å². The van der Waals surface area contributed by atoms with E-state index in [1.165, 1.54) is 0 Å². The van der Waals surface area contributed by atoms with Crippen LogP contribution in [0.2, 0.25) is 10.0 Å². The molecule has 3 aromatic rings. The summed E-state index contributed by atoms with van der Waals surface area (Å²) in [5, 5.41) is 5.20. The summed E-state index contributed by atoms with van der Waals surface area (Å²) in [4.78, 5) is 19.6. The lowest BCUT2D eigenvalue weighted by Crippen LogP contribution is -2.26. The van der Waals surface area contributed by atoms with Crippen molar-refractivity contribution in [2.45, 2.75) is 25.9 Å². The lowest BCUT2D eigenvalue weighted by molar-refractivity contribution is 0.477. The molecule has 0 aliphatic carbocycles. The second-order valence-electron chi connectivity index (χ2n) is 5.74. The third kappa shape index (κ3) is 3.46. The lowest BCUT2D eigenvalue weighted by atomic mass is 10.1. The maximum absolute atomic E-state index is 12.2. The van der Waals surface area contributed by atoms with Crippen LogP contribution in [0.4, 0.5) is 0 Å². The highest BCUT2D eigenvalue weighted by molar-refractivity contribution is 6.35. The summed E-state index contributed by atoms with van der Waals surface area (Å²) in [5.74, 6) is 0.593. The lowest BCUT2D eigenvalue weighted by Gasteiger charge is -2.21. The Hall–Kier alpha value is -1.88. The van der Waals surface area contributed by atoms with Gasteiger partial charge in [-0.15, -0.1) is 0 Å². The molecule has 2 aromatic carbocycles. The molecule has 124 valence electrons. The van der Waals surface area contributed by atoms with Crippen LogP contribution >= 0.6 is 23.2 Å². The van der Waals surface area contributed by atoms with Gasteiger partial charge in [-0.25, -0.2) is 4.98 Å². The Bertz CT molecular complexity index is 939. The van der Waals surface area contributed by atoms with Crippen LogP contribution in [0.15, 0.2) is 47.3 Å². The van der Waals surface area contributed by atoms with Crippen molar-refractivity contribution in [1.29, 1.82) is 0 Å². The first-order valence-corrected chi connectivity index (χ1v) is 8.41. The van der Waals surface area contributed by atoms with Crippen molar-refractivity contribution in [2.75, 3.05) is 0 Å². The average molecular weight is 362 g/mol. The number of nitrogens with zero attached hydrogens (tertiary/aromatic N) is 1. The van der Waals surface area contributed by atoms with Gasteiger partial charge in [0.2, 0.25) is 0 Å². The first-order valence-electron chi connectivity index (χ1n) is 7.65. The zero-order valence-electron chi connectivity index (χ0n) is 13.3. The molecule has 0 aliphatic rings. The van der Waals surface area contributed by atoms with Gasteiger partial charge in [0.05, 0.1) is 16.9 Å². The number of aromatic amines is 1. The zero-order valence-corrected chi connectivity index (χ0v) is 14.8. The summed E-state index contributed by atoms with van der Waals surface area (Å²) in [6, 6.07) is 12.5. The smallest absolute Gasteiger partial charge is 0.258 e. The number of H-pyrrole nitrogens is 1. The van der Waals surface area contributed by atoms with Crippen molar-refractivity contribution in [3.05, 3.63) is 74.3 Å². The Balaban J connectivity index is 1.86. The first kappa shape index (κ1) is 17.0. The molecule has 1 heterocycles. The van der Waals surface area contributed by atoms with Gasteiger partial charge in [-0.3, -0.25) is 4.79 Å². The van der Waals surface area contributed by atoms with Gasteiger partial charge in [0, 0.05) is 16.1 Å². The van der Waals surface area contributed by atoms with E-state index in [0.717, 1.165) is 5.56 Å². The van der Waals surface area contributed by atoms with E-state index in [9.17, 15) is 4.79 Å². The van der Waals surface area contributed by atoms with Crippen LogP contribution in [0.25, 0.3) is 10.9 Å². The number of nitrogens with one attached hydrogen (secondary N) is 2. The Morgan fingerprint density at radius 3 is 2.58 bits per heavy atom. The van der Waals surface area contributed by atoms with Crippen molar-refractivity contribution in [3.8, 4) is 0 Å². The number of aromatic nitrogens is 2. The van der Waals surface area contributed by atoms with Gasteiger partial charge in [-0.2, -0.15) is 0 Å². The van der Waals surface area contributed by atoms with Crippen molar-refractivity contribution in [2.24, 2.45) is 0 Å². The molecule has 4 nitrogen and oxygen atoms in total. The van der Waals surface area contributed by atoms with Gasteiger partial charge in [0.1, 0.15) is 5.82 Å². The molecular formula is C18H17Cl2N3O. The molecule has 0 saturated heterocycles. The average Bonchev–Trinajstić information content (AvgIpc) is 2.54. The van der Waals surface area contributed by atoms with E-state index < -0.39 is 0 Å². The van der Waals surface area contributed by atoms with Gasteiger partial charge in [-0.1, -0.05) is 41.4 Å². The van der Waals surface area contributed by atoms with Crippen LogP contribution in [0.3, 0.4) is 0 Å². The quantitative estimate of drug-likeness (QED) is 0.711. The molecular weight excluding hydrogens is 345 g/mol. The van der Waals surface area contributed by atoms with Gasteiger partial charge in [0.15, 0.2) is 0 Å². The van der Waals surface area contributed by atoms with Crippen molar-refractivity contribution < 1.29 is 0 Å². The minimum absolute atomic E-state index is 0.0264. The molecule has 0 amide bonds. The second kappa shape index (κ2) is 6.93. The molecule has 0 spiro atoms. The van der Waals surface area contributed by atoms with Crippen LogP contribution in [-0.4, -0.2) is 9.97 Å². The monoisotopic (exact) mass is 361 g/mol. The fraction of sp³-hybridized carbons (Fsp3) is 0.222. The fourth-order valence-corrected chi connectivity index (χ4v) is 3.28. The molecule has 1 aromatic heterocycles. The molecule has 0 fully saturated rings. The van der Waals surface area contributed by atoms with Crippen molar-refractivity contribution in [1.82, 2.24) is 15.3 Å². The van der Waals surface area contributed by atoms with Gasteiger partial charge < -0.3 is 10.3 Å². The topological polar surface area (TPSA) is 57.8 Å². The van der Waals surface area contributed by atoms with E-state index in [0.29, 0.717) is 26.8 Å². The van der Waals surface area contributed by atoms with E-state index in [-0.39, 0.29) is 17.6 Å². The van der Waals surface area contributed by atoms with E-state index in [2.05, 4.69) is 15.3 Å². The van der Waals surface area contributed by atoms with E-state index in [1.807, 2.05) is 44.2 Å². The van der Waals surface area contributed by atoms with Gasteiger partial charge in [-0.05, 0) is 43.7 Å². The highest BCUT2D eigenvalue weighted by Gasteiger charge is 2.16. The maximum Gasteiger partial charge on any atom is 0.258 e. The fourth-order valence-electron chi connectivity index (χ4n) is 2.71. The number of fused-ring (bicyclic) bond motifs is 1. The standard InChI is InChI=1S/C18H17Cl2N3O/c1-10(13-8-7-12(19)9-15(13)20)21-11(2)17-22-16-6-4-3-5-14(16)18(24)23-17/h3-11,21H,1-2H3,(H,22,23,24)/t10-,11-/m0/s1. The SMILES string of the molecule is C[C@H](N[C@@H](C)c1ccc(Cl)cc1Cl)c1nc2ccccc2c(=O)[nH]1. The molecule has 2 atom stereocenters. The Morgan fingerprint density at radius 1 is 1.08 bits per heavy atom. The van der Waals surface area contributed by atoms with Crippen LogP contribution in [0, 0.1) is 0 Å². The van der Waals surface area contributed by atoms with E-state index in [1.54, 1.807) is 12.1 Å². The molecule has 0 unspecified atom stereocenters. The molecule has 24 heavy (non-hydrogen) atoms. The van der Waals surface area contributed by atoms with Crippen molar-refractivity contribution >= 4 is 34.1 Å². The van der Waals surface area contributed by atoms with E-state index >= 15 is 0 Å². The van der Waals surface area contributed by atoms with Gasteiger partial charge in [0.25, 0.3) is 5.56 Å². The Labute approximate surface area is 149 Å². The summed E-state index contributed by atoms with van der Waals surface area (Å²) in [7, 11) is 0. The first-order chi connectivity index (χ1) is 11.5. The number of rotatable bonds is 4. The number of para-hydroxylation sites is 1. The molecule has 0 aliphatic heterocycles. The van der Waals surface area contributed by atoms with Crippen LogP contribution in [0.5, 0.6) is 0 Å². The summed E-state index contributed by atoms with van der Waals surface area (Å²) in [6.45, 7) is 3.96. The molecule has 6 heteroatoms. The van der Waals surface area contributed by atoms with E-state index in [4.69, 9.17) is 23.2 Å². The van der Waals surface area contributed by atoms with Crippen molar-refractivity contribution in [3.63, 3.8) is 0 Å². The third-order valence-corrected chi connectivity index (χ3v) is 4.53. The highest BCUT2D eigenvalue weighted by atomic mass is 35.5. The summed E-state index contributed by atoms with van der Waals surface area (Å²) >= 11 is 12.2. The predicted octanol–water partition coefficient (Wildman–Crippen LogP) is 4.64. The van der Waals surface area contributed by atoms with Crippen LogP contribution in [0.1, 0.15) is 37.3 Å². The minimum Gasteiger partial charge on any atom is -0.309 e. The molecule has 0 saturated carbocycles. The summed E-state index contributed by atoms with van der Waals surface area (Å²) in [5.41, 5.74) is 1.49. The Morgan fingerprint density at radius 2 is 1.83 bits per heavy atom.